The Morgan fingerprint density at radius 1 is 1.06 bits per heavy atom. The first-order valence-corrected chi connectivity index (χ1v) is 5.87. The van der Waals surface area contributed by atoms with Gasteiger partial charge in [0.05, 0.1) is 6.54 Å². The summed E-state index contributed by atoms with van der Waals surface area (Å²) in [6.07, 6.45) is 1.77. The van der Waals surface area contributed by atoms with Crippen molar-refractivity contribution in [2.45, 2.75) is 6.54 Å². The molecule has 0 bridgehead atoms. The molecule has 0 radical (unpaired) electrons. The summed E-state index contributed by atoms with van der Waals surface area (Å²) in [5, 5.41) is 0. The molecule has 0 fully saturated rings. The molecule has 1 aromatic carbocycles. The van der Waals surface area contributed by atoms with Crippen LogP contribution in [0.25, 0.3) is 0 Å². The molecule has 2 heterocycles. The SMILES string of the molecule is O=c1ccccn1Cc1cccc2c1OCCO2. The lowest BCUT2D eigenvalue weighted by molar-refractivity contribution is 0.169. The molecule has 0 amide bonds. The first kappa shape index (κ1) is 10.9. The van der Waals surface area contributed by atoms with Gasteiger partial charge in [-0.05, 0) is 12.1 Å². The highest BCUT2D eigenvalue weighted by molar-refractivity contribution is 5.47. The van der Waals surface area contributed by atoms with E-state index in [9.17, 15) is 4.79 Å². The Morgan fingerprint density at radius 2 is 1.94 bits per heavy atom. The second kappa shape index (κ2) is 4.56. The van der Waals surface area contributed by atoms with Crippen LogP contribution < -0.4 is 15.0 Å². The fraction of sp³-hybridized carbons (Fsp3) is 0.214. The number of nitrogens with zero attached hydrogens (tertiary/aromatic N) is 1. The molecule has 0 saturated heterocycles. The van der Waals surface area contributed by atoms with E-state index >= 15 is 0 Å². The summed E-state index contributed by atoms with van der Waals surface area (Å²) in [4.78, 5) is 11.7. The molecule has 2 aromatic rings. The fourth-order valence-electron chi connectivity index (χ4n) is 2.03. The van der Waals surface area contributed by atoms with Gasteiger partial charge in [0.15, 0.2) is 11.5 Å². The van der Waals surface area contributed by atoms with E-state index in [0.717, 1.165) is 17.1 Å². The molecule has 0 saturated carbocycles. The van der Waals surface area contributed by atoms with Gasteiger partial charge >= 0.3 is 0 Å². The lowest BCUT2D eigenvalue weighted by Gasteiger charge is -2.21. The van der Waals surface area contributed by atoms with Gasteiger partial charge in [0, 0.05) is 17.8 Å². The molecule has 3 rings (SSSR count). The maximum absolute atomic E-state index is 11.7. The van der Waals surface area contributed by atoms with Crippen LogP contribution in [0.2, 0.25) is 0 Å². The summed E-state index contributed by atoms with van der Waals surface area (Å²) in [6, 6.07) is 10.9. The Morgan fingerprint density at radius 3 is 2.83 bits per heavy atom. The Bertz CT molecular complexity index is 618. The minimum absolute atomic E-state index is 0.0215. The molecule has 1 aliphatic heterocycles. The van der Waals surface area contributed by atoms with Crippen LogP contribution in [0.1, 0.15) is 5.56 Å². The lowest BCUT2D eigenvalue weighted by atomic mass is 10.1. The monoisotopic (exact) mass is 243 g/mol. The van der Waals surface area contributed by atoms with E-state index in [0.29, 0.717) is 19.8 Å². The van der Waals surface area contributed by atoms with E-state index in [1.165, 1.54) is 0 Å². The van der Waals surface area contributed by atoms with Crippen LogP contribution in [-0.4, -0.2) is 17.8 Å². The van der Waals surface area contributed by atoms with E-state index in [1.54, 1.807) is 22.9 Å². The predicted octanol–water partition coefficient (Wildman–Crippen LogP) is 1.67. The van der Waals surface area contributed by atoms with Gasteiger partial charge in [0.2, 0.25) is 0 Å². The molecule has 4 heteroatoms. The highest BCUT2D eigenvalue weighted by Crippen LogP contribution is 2.33. The van der Waals surface area contributed by atoms with E-state index in [4.69, 9.17) is 9.47 Å². The molecular weight excluding hydrogens is 230 g/mol. The molecular formula is C14H13NO3. The number of pyridine rings is 1. The van der Waals surface area contributed by atoms with Crippen molar-refractivity contribution in [2.24, 2.45) is 0 Å². The van der Waals surface area contributed by atoms with Gasteiger partial charge in [-0.2, -0.15) is 0 Å². The predicted molar refractivity (Wildman–Crippen MR) is 67.2 cm³/mol. The summed E-state index contributed by atoms with van der Waals surface area (Å²) in [6.45, 7) is 1.61. The topological polar surface area (TPSA) is 40.5 Å². The van der Waals surface area contributed by atoms with Gasteiger partial charge in [-0.1, -0.05) is 18.2 Å². The number of hydrogen-bond donors (Lipinski definition) is 0. The molecule has 4 nitrogen and oxygen atoms in total. The van der Waals surface area contributed by atoms with Gasteiger partial charge < -0.3 is 14.0 Å². The normalized spacial score (nSPS) is 13.3. The first-order chi connectivity index (χ1) is 8.84. The van der Waals surface area contributed by atoms with Crippen molar-refractivity contribution >= 4 is 0 Å². The smallest absolute Gasteiger partial charge is 0.250 e. The van der Waals surface area contributed by atoms with E-state index < -0.39 is 0 Å². The molecule has 92 valence electrons. The summed E-state index contributed by atoms with van der Waals surface area (Å²) in [5.74, 6) is 1.50. The van der Waals surface area contributed by atoms with Crippen LogP contribution >= 0.6 is 0 Å². The van der Waals surface area contributed by atoms with Crippen LogP contribution in [0.3, 0.4) is 0 Å². The molecule has 18 heavy (non-hydrogen) atoms. The van der Waals surface area contributed by atoms with Crippen LogP contribution in [0.15, 0.2) is 47.4 Å². The highest BCUT2D eigenvalue weighted by atomic mass is 16.6. The number of benzene rings is 1. The largest absolute Gasteiger partial charge is 0.486 e. The standard InChI is InChI=1S/C14H13NO3/c16-13-6-1-2-7-15(13)10-11-4-3-5-12-14(11)18-9-8-17-12/h1-7H,8-10H2. The molecule has 1 aliphatic rings. The van der Waals surface area contributed by atoms with Crippen LogP contribution in [0.5, 0.6) is 11.5 Å². The number of rotatable bonds is 2. The molecule has 0 unspecified atom stereocenters. The number of hydrogen-bond acceptors (Lipinski definition) is 3. The second-order valence-electron chi connectivity index (χ2n) is 4.11. The molecule has 1 aromatic heterocycles. The minimum atomic E-state index is -0.0215. The van der Waals surface area contributed by atoms with Crippen molar-refractivity contribution in [3.05, 3.63) is 58.5 Å². The zero-order valence-electron chi connectivity index (χ0n) is 9.83. The average molecular weight is 243 g/mol. The van der Waals surface area contributed by atoms with Gasteiger partial charge in [0.25, 0.3) is 5.56 Å². The summed E-state index contributed by atoms with van der Waals surface area (Å²) >= 11 is 0. The molecule has 0 aliphatic carbocycles. The Hall–Kier alpha value is -2.23. The quantitative estimate of drug-likeness (QED) is 0.805. The van der Waals surface area contributed by atoms with Gasteiger partial charge in [-0.25, -0.2) is 0 Å². The second-order valence-corrected chi connectivity index (χ2v) is 4.11. The molecule has 0 N–H and O–H groups in total. The summed E-state index contributed by atoms with van der Waals surface area (Å²) in [5.41, 5.74) is 0.937. The fourth-order valence-corrected chi connectivity index (χ4v) is 2.03. The van der Waals surface area contributed by atoms with Gasteiger partial charge in [-0.15, -0.1) is 0 Å². The van der Waals surface area contributed by atoms with Crippen molar-refractivity contribution < 1.29 is 9.47 Å². The van der Waals surface area contributed by atoms with Gasteiger partial charge in [0.1, 0.15) is 13.2 Å². The third kappa shape index (κ3) is 1.97. The molecule has 0 atom stereocenters. The van der Waals surface area contributed by atoms with Crippen molar-refractivity contribution in [1.29, 1.82) is 0 Å². The third-order valence-electron chi connectivity index (χ3n) is 2.89. The summed E-state index contributed by atoms with van der Waals surface area (Å²) in [7, 11) is 0. The highest BCUT2D eigenvalue weighted by Gasteiger charge is 2.15. The maximum atomic E-state index is 11.7. The Labute approximate surface area is 104 Å². The van der Waals surface area contributed by atoms with Crippen molar-refractivity contribution in [2.75, 3.05) is 13.2 Å². The Balaban J connectivity index is 1.98. The van der Waals surface area contributed by atoms with Crippen LogP contribution in [-0.2, 0) is 6.54 Å². The first-order valence-electron chi connectivity index (χ1n) is 5.87. The minimum Gasteiger partial charge on any atom is -0.486 e. The number of aromatic nitrogens is 1. The van der Waals surface area contributed by atoms with E-state index in [2.05, 4.69) is 0 Å². The maximum Gasteiger partial charge on any atom is 0.250 e. The van der Waals surface area contributed by atoms with Crippen LogP contribution in [0.4, 0.5) is 0 Å². The summed E-state index contributed by atoms with van der Waals surface area (Å²) < 4.78 is 12.8. The number of ether oxygens (including phenoxy) is 2. The van der Waals surface area contributed by atoms with E-state index in [-0.39, 0.29) is 5.56 Å². The van der Waals surface area contributed by atoms with Crippen LogP contribution in [0, 0.1) is 0 Å². The van der Waals surface area contributed by atoms with Crippen molar-refractivity contribution in [3.8, 4) is 11.5 Å². The zero-order chi connectivity index (χ0) is 12.4. The van der Waals surface area contributed by atoms with Crippen molar-refractivity contribution in [3.63, 3.8) is 0 Å². The zero-order valence-corrected chi connectivity index (χ0v) is 9.83. The Kier molecular flexibility index (Phi) is 2.76. The average Bonchev–Trinajstić information content (AvgIpc) is 2.42. The van der Waals surface area contributed by atoms with Crippen molar-refractivity contribution in [1.82, 2.24) is 4.57 Å². The molecule has 0 spiro atoms. The third-order valence-corrected chi connectivity index (χ3v) is 2.89. The lowest BCUT2D eigenvalue weighted by Crippen LogP contribution is -2.21. The number of para-hydroxylation sites is 1. The van der Waals surface area contributed by atoms with Gasteiger partial charge in [-0.3, -0.25) is 4.79 Å². The number of fused-ring (bicyclic) bond motifs is 1. The van der Waals surface area contributed by atoms with E-state index in [1.807, 2.05) is 24.3 Å².